The number of hydrogen-bond donors (Lipinski definition) is 2. The number of nitrogens with one attached hydrogen (secondary N) is 2. The molecule has 6 heteroatoms. The average Bonchev–Trinajstić information content (AvgIpc) is 2.84. The monoisotopic (exact) mass is 250 g/mol. The minimum absolute atomic E-state index is 0.0533. The Bertz CT molecular complexity index is 517. The molecule has 0 aliphatic carbocycles. The number of rotatable bonds is 4. The van der Waals surface area contributed by atoms with Crippen LogP contribution in [0.4, 0.5) is 11.5 Å². The molecule has 2 rings (SSSR count). The lowest BCUT2D eigenvalue weighted by Crippen LogP contribution is -2.08. The van der Waals surface area contributed by atoms with Gasteiger partial charge in [0.05, 0.1) is 12.2 Å². The Hall–Kier alpha value is -1.82. The molecule has 0 unspecified atom stereocenters. The Morgan fingerprint density at radius 1 is 1.53 bits per heavy atom. The zero-order valence-corrected chi connectivity index (χ0v) is 10.5. The van der Waals surface area contributed by atoms with Gasteiger partial charge in [-0.3, -0.25) is 9.48 Å². The number of carbonyl (C=O) groups excluding carboxylic acids is 1. The second-order valence-corrected chi connectivity index (χ2v) is 4.67. The Morgan fingerprint density at radius 2 is 2.35 bits per heavy atom. The van der Waals surface area contributed by atoms with Crippen molar-refractivity contribution < 1.29 is 4.79 Å². The minimum Gasteiger partial charge on any atom is -0.364 e. The Balaban J connectivity index is 1.99. The predicted molar refractivity (Wildman–Crippen MR) is 69.2 cm³/mol. The van der Waals surface area contributed by atoms with Crippen LogP contribution in [0.25, 0.3) is 0 Å². The normalized spacial score (nSPS) is 10.2. The third-order valence-corrected chi connectivity index (χ3v) is 3.12. The molecular weight excluding hydrogens is 236 g/mol. The Morgan fingerprint density at radius 3 is 3.00 bits per heavy atom. The molecule has 2 aromatic heterocycles. The highest BCUT2D eigenvalue weighted by Gasteiger charge is 2.06. The van der Waals surface area contributed by atoms with Crippen LogP contribution in [-0.4, -0.2) is 15.7 Å². The number of anilines is 2. The summed E-state index contributed by atoms with van der Waals surface area (Å²) in [6.07, 6.45) is 1.88. The zero-order chi connectivity index (χ0) is 12.3. The molecule has 0 fully saturated rings. The van der Waals surface area contributed by atoms with Gasteiger partial charge in [0.25, 0.3) is 0 Å². The van der Waals surface area contributed by atoms with E-state index in [2.05, 4.69) is 15.7 Å². The number of aromatic nitrogens is 2. The van der Waals surface area contributed by atoms with Gasteiger partial charge in [-0.05, 0) is 11.4 Å². The van der Waals surface area contributed by atoms with E-state index in [0.29, 0.717) is 6.54 Å². The van der Waals surface area contributed by atoms with Gasteiger partial charge in [0, 0.05) is 31.1 Å². The zero-order valence-electron chi connectivity index (χ0n) is 9.73. The maximum absolute atomic E-state index is 11.0. The molecular formula is C11H14N4OS. The van der Waals surface area contributed by atoms with Crippen molar-refractivity contribution in [2.75, 3.05) is 10.6 Å². The molecule has 1 amide bonds. The first-order chi connectivity index (χ1) is 8.15. The average molecular weight is 250 g/mol. The van der Waals surface area contributed by atoms with E-state index >= 15 is 0 Å². The van der Waals surface area contributed by atoms with Crippen LogP contribution in [-0.2, 0) is 18.4 Å². The molecule has 2 N–H and O–H groups in total. The highest BCUT2D eigenvalue weighted by molar-refractivity contribution is 7.10. The molecule has 2 aromatic rings. The summed E-state index contributed by atoms with van der Waals surface area (Å²) in [5, 5.41) is 12.2. The molecule has 5 nitrogen and oxygen atoms in total. The van der Waals surface area contributed by atoms with Crippen LogP contribution in [0.2, 0.25) is 0 Å². The number of amides is 1. The largest absolute Gasteiger partial charge is 0.364 e. The summed E-state index contributed by atoms with van der Waals surface area (Å²) in [6.45, 7) is 2.16. The first-order valence-corrected chi connectivity index (χ1v) is 6.10. The smallest absolute Gasteiger partial charge is 0.221 e. The van der Waals surface area contributed by atoms with Crippen molar-refractivity contribution in [2.24, 2.45) is 7.05 Å². The van der Waals surface area contributed by atoms with Crippen LogP contribution in [0.3, 0.4) is 0 Å². The summed E-state index contributed by atoms with van der Waals surface area (Å²) >= 11 is 1.61. The molecule has 0 aliphatic rings. The van der Waals surface area contributed by atoms with E-state index < -0.39 is 0 Å². The molecule has 2 heterocycles. The van der Waals surface area contributed by atoms with Crippen LogP contribution in [0.1, 0.15) is 11.8 Å². The van der Waals surface area contributed by atoms with Gasteiger partial charge in [-0.2, -0.15) is 5.10 Å². The van der Waals surface area contributed by atoms with Crippen molar-refractivity contribution in [3.63, 3.8) is 0 Å². The summed E-state index contributed by atoms with van der Waals surface area (Å²) in [7, 11) is 1.87. The van der Waals surface area contributed by atoms with Gasteiger partial charge in [0.15, 0.2) is 0 Å². The second kappa shape index (κ2) is 5.01. The van der Waals surface area contributed by atoms with E-state index in [1.807, 2.05) is 30.8 Å². The van der Waals surface area contributed by atoms with E-state index in [9.17, 15) is 4.79 Å². The Labute approximate surface area is 103 Å². The number of thiophene rings is 1. The van der Waals surface area contributed by atoms with Gasteiger partial charge in [-0.15, -0.1) is 11.3 Å². The Kier molecular flexibility index (Phi) is 3.43. The molecule has 0 atom stereocenters. The van der Waals surface area contributed by atoms with Crippen molar-refractivity contribution in [2.45, 2.75) is 13.5 Å². The van der Waals surface area contributed by atoms with Crippen LogP contribution < -0.4 is 10.6 Å². The summed E-state index contributed by atoms with van der Waals surface area (Å²) < 4.78 is 1.74. The third-order valence-electron chi connectivity index (χ3n) is 2.20. The third kappa shape index (κ3) is 3.07. The maximum Gasteiger partial charge on any atom is 0.221 e. The summed E-state index contributed by atoms with van der Waals surface area (Å²) in [5.41, 5.74) is 0.867. The van der Waals surface area contributed by atoms with E-state index in [1.54, 1.807) is 16.0 Å². The predicted octanol–water partition coefficient (Wildman–Crippen LogP) is 2.05. The molecule has 0 radical (unpaired) electrons. The highest BCUT2D eigenvalue weighted by Crippen LogP contribution is 2.23. The van der Waals surface area contributed by atoms with Gasteiger partial charge in [-0.1, -0.05) is 0 Å². The molecule has 0 aromatic carbocycles. The molecule has 0 bridgehead atoms. The molecule has 0 spiro atoms. The fourth-order valence-corrected chi connectivity index (χ4v) is 2.23. The van der Waals surface area contributed by atoms with E-state index in [1.165, 1.54) is 6.92 Å². The lowest BCUT2D eigenvalue weighted by atomic mass is 10.3. The van der Waals surface area contributed by atoms with Gasteiger partial charge in [0.2, 0.25) is 5.91 Å². The van der Waals surface area contributed by atoms with Gasteiger partial charge in [-0.25, -0.2) is 0 Å². The molecule has 0 saturated heterocycles. The topological polar surface area (TPSA) is 59.0 Å². The van der Waals surface area contributed by atoms with Gasteiger partial charge in [0.1, 0.15) is 5.82 Å². The lowest BCUT2D eigenvalue weighted by Gasteiger charge is -2.05. The summed E-state index contributed by atoms with van der Waals surface area (Å²) in [6, 6.07) is 3.81. The lowest BCUT2D eigenvalue weighted by molar-refractivity contribution is -0.114. The van der Waals surface area contributed by atoms with Gasteiger partial charge >= 0.3 is 0 Å². The SMILES string of the molecule is CC(=O)Nc1ccsc1CNc1ccn(C)n1. The molecule has 90 valence electrons. The van der Waals surface area contributed by atoms with Crippen LogP contribution >= 0.6 is 11.3 Å². The number of carbonyl (C=O) groups is 1. The van der Waals surface area contributed by atoms with Crippen molar-refractivity contribution in [1.82, 2.24) is 9.78 Å². The second-order valence-electron chi connectivity index (χ2n) is 3.67. The van der Waals surface area contributed by atoms with E-state index in [4.69, 9.17) is 0 Å². The van der Waals surface area contributed by atoms with Gasteiger partial charge < -0.3 is 10.6 Å². The van der Waals surface area contributed by atoms with Crippen molar-refractivity contribution in [1.29, 1.82) is 0 Å². The molecule has 0 aliphatic heterocycles. The van der Waals surface area contributed by atoms with Crippen molar-refractivity contribution in [3.05, 3.63) is 28.6 Å². The first kappa shape index (κ1) is 11.7. The summed E-state index contributed by atoms with van der Waals surface area (Å²) in [5.74, 6) is 0.775. The first-order valence-electron chi connectivity index (χ1n) is 5.22. The molecule has 17 heavy (non-hydrogen) atoms. The van der Waals surface area contributed by atoms with Crippen molar-refractivity contribution in [3.8, 4) is 0 Å². The van der Waals surface area contributed by atoms with Crippen LogP contribution in [0, 0.1) is 0 Å². The maximum atomic E-state index is 11.0. The van der Waals surface area contributed by atoms with E-state index in [-0.39, 0.29) is 5.91 Å². The standard InChI is InChI=1S/C11H14N4OS/c1-8(16)13-9-4-6-17-10(9)7-12-11-3-5-15(2)14-11/h3-6H,7H2,1-2H3,(H,12,14)(H,13,16). The highest BCUT2D eigenvalue weighted by atomic mass is 32.1. The van der Waals surface area contributed by atoms with Crippen LogP contribution in [0.5, 0.6) is 0 Å². The fraction of sp³-hybridized carbons (Fsp3) is 0.273. The number of aryl methyl sites for hydroxylation is 1. The minimum atomic E-state index is -0.0533. The van der Waals surface area contributed by atoms with Crippen molar-refractivity contribution >= 4 is 28.7 Å². The number of hydrogen-bond acceptors (Lipinski definition) is 4. The summed E-state index contributed by atoms with van der Waals surface area (Å²) in [4.78, 5) is 12.1. The quantitative estimate of drug-likeness (QED) is 0.873. The molecule has 0 saturated carbocycles. The van der Waals surface area contributed by atoms with Crippen LogP contribution in [0.15, 0.2) is 23.7 Å². The fourth-order valence-electron chi connectivity index (χ4n) is 1.46. The van der Waals surface area contributed by atoms with E-state index in [0.717, 1.165) is 16.4 Å². The number of nitrogens with zero attached hydrogens (tertiary/aromatic N) is 2.